The van der Waals surface area contributed by atoms with Crippen LogP contribution in [-0.2, 0) is 27.1 Å². The molecule has 11 aromatic carbocycles. The summed E-state index contributed by atoms with van der Waals surface area (Å²) in [6.07, 6.45) is 4.58. The standard InChI is InChI=1S/C88H84BN3/c1-83(2,3)64-40-34-60(35-41-64)62-38-45-77-73(50-62)87(11)48-24-25-49-88(87,12)92(77)67-53-80-82-81(54-67)91(76-47-42-65(84(4,5)6)52-68(76)61-30-20-15-21-31-61)79-56-72-71(85(7,8)69-32-22-23-33-70(69)86(72,9)10)55-75(79)89(82)74-51-63(58-28-18-14-19-29-58)39-46-78(74)90(80)66-43-36-59(37-44-66)57-26-16-13-17-27-57/h13-23,26-47,50-56H,24-25,48-49H2,1-12H3. The molecule has 0 amide bonds. The summed E-state index contributed by atoms with van der Waals surface area (Å²) in [6, 6.07) is 94.1. The Labute approximate surface area is 547 Å². The van der Waals surface area contributed by atoms with Gasteiger partial charge in [0.2, 0.25) is 0 Å². The van der Waals surface area contributed by atoms with E-state index in [0.717, 1.165) is 18.5 Å². The average Bonchev–Trinajstić information content (AvgIpc) is 1.32. The summed E-state index contributed by atoms with van der Waals surface area (Å²) in [5, 5.41) is 0. The number of rotatable bonds is 7. The third-order valence-corrected chi connectivity index (χ3v) is 22.8. The van der Waals surface area contributed by atoms with Gasteiger partial charge in [-0.15, -0.1) is 0 Å². The van der Waals surface area contributed by atoms with Crippen LogP contribution in [0.2, 0.25) is 0 Å². The molecule has 0 bridgehead atoms. The fraction of sp³-hybridized carbons (Fsp3) is 0.250. The van der Waals surface area contributed by atoms with Gasteiger partial charge in [0.25, 0.3) is 6.71 Å². The van der Waals surface area contributed by atoms with E-state index in [2.05, 4.69) is 340 Å². The number of hydrogen-bond donors (Lipinski definition) is 0. The summed E-state index contributed by atoms with van der Waals surface area (Å²) in [5.41, 5.74) is 32.2. The molecule has 0 radical (unpaired) electrons. The molecule has 2 aliphatic carbocycles. The Morgan fingerprint density at radius 2 is 0.793 bits per heavy atom. The molecule has 2 unspecified atom stereocenters. The highest BCUT2D eigenvalue weighted by molar-refractivity contribution is 7.00. The molecular formula is C88H84BN3. The molecule has 3 nitrogen and oxygen atoms in total. The van der Waals surface area contributed by atoms with Crippen molar-refractivity contribution in [1.82, 2.24) is 0 Å². The third-order valence-electron chi connectivity index (χ3n) is 22.8. The summed E-state index contributed by atoms with van der Waals surface area (Å²) >= 11 is 0. The lowest BCUT2D eigenvalue weighted by Crippen LogP contribution is -2.62. The van der Waals surface area contributed by atoms with E-state index < -0.39 is 0 Å². The van der Waals surface area contributed by atoms with Crippen LogP contribution in [0.5, 0.6) is 0 Å². The number of hydrogen-bond acceptors (Lipinski definition) is 3. The maximum atomic E-state index is 2.84. The van der Waals surface area contributed by atoms with Crippen molar-refractivity contribution >= 4 is 68.6 Å². The maximum Gasteiger partial charge on any atom is 0.252 e. The molecule has 0 spiro atoms. The monoisotopic (exact) mass is 1190 g/mol. The smallest absolute Gasteiger partial charge is 0.252 e. The van der Waals surface area contributed by atoms with Crippen LogP contribution < -0.4 is 31.1 Å². The summed E-state index contributed by atoms with van der Waals surface area (Å²) in [5.74, 6) is 0. The van der Waals surface area contributed by atoms with E-state index in [1.807, 2.05) is 0 Å². The average molecular weight is 1190 g/mol. The number of fused-ring (bicyclic) bond motifs is 9. The molecule has 11 aromatic rings. The first-order valence-electron chi connectivity index (χ1n) is 33.8. The van der Waals surface area contributed by atoms with Gasteiger partial charge >= 0.3 is 0 Å². The predicted molar refractivity (Wildman–Crippen MR) is 393 cm³/mol. The zero-order valence-electron chi connectivity index (χ0n) is 55.8. The molecule has 92 heavy (non-hydrogen) atoms. The normalized spacial score (nSPS) is 18.9. The zero-order chi connectivity index (χ0) is 63.4. The van der Waals surface area contributed by atoms with Gasteiger partial charge in [0.05, 0.1) is 11.2 Å². The lowest BCUT2D eigenvalue weighted by molar-refractivity contribution is 0.195. The SMILES string of the molecule is CC(C)(C)c1ccc(-c2ccc3c(c2)C2(C)CCCCC2(C)N3c2cc3c4c(c2)N(c2ccc(C(C)(C)C)cc2-c2ccccc2)c2cc5c(cc2B4c2cc(-c4ccccc4)ccc2N3c2ccc(-c3ccccc3)cc2)C(C)(C)c2ccccc2C5(C)C)cc1. The van der Waals surface area contributed by atoms with Gasteiger partial charge in [-0.05, 0) is 186 Å². The van der Waals surface area contributed by atoms with Crippen LogP contribution >= 0.6 is 0 Å². The van der Waals surface area contributed by atoms with E-state index in [4.69, 9.17) is 0 Å². The van der Waals surface area contributed by atoms with Gasteiger partial charge in [-0.25, -0.2) is 0 Å². The molecule has 0 aromatic heterocycles. The number of anilines is 8. The van der Waals surface area contributed by atoms with Crippen molar-refractivity contribution in [2.45, 2.75) is 141 Å². The van der Waals surface area contributed by atoms with Crippen LogP contribution in [0, 0.1) is 0 Å². The minimum Gasteiger partial charge on any atom is -0.334 e. The van der Waals surface area contributed by atoms with Crippen molar-refractivity contribution in [3.63, 3.8) is 0 Å². The van der Waals surface area contributed by atoms with Crippen molar-refractivity contribution in [1.29, 1.82) is 0 Å². The third kappa shape index (κ3) is 8.75. The molecule has 3 heterocycles. The summed E-state index contributed by atoms with van der Waals surface area (Å²) < 4.78 is 0. The van der Waals surface area contributed by atoms with Crippen LogP contribution in [0.25, 0.3) is 44.5 Å². The first-order valence-corrected chi connectivity index (χ1v) is 33.8. The lowest BCUT2D eigenvalue weighted by Gasteiger charge is -2.51. The summed E-state index contributed by atoms with van der Waals surface area (Å²) in [7, 11) is 0. The molecule has 1 saturated carbocycles. The van der Waals surface area contributed by atoms with Crippen molar-refractivity contribution < 1.29 is 0 Å². The molecule has 0 N–H and O–H groups in total. The minimum atomic E-state index is -0.297. The van der Waals surface area contributed by atoms with Crippen molar-refractivity contribution in [3.05, 3.63) is 282 Å². The predicted octanol–water partition coefficient (Wildman–Crippen LogP) is 21.7. The highest BCUT2D eigenvalue weighted by Gasteiger charge is 2.58. The minimum absolute atomic E-state index is 0.0761. The van der Waals surface area contributed by atoms with Crippen LogP contribution in [0.1, 0.15) is 148 Å². The van der Waals surface area contributed by atoms with Crippen LogP contribution in [0.15, 0.2) is 243 Å². The molecule has 454 valence electrons. The van der Waals surface area contributed by atoms with E-state index in [0.29, 0.717) is 0 Å². The van der Waals surface area contributed by atoms with Crippen molar-refractivity contribution in [2.24, 2.45) is 0 Å². The second-order valence-electron chi connectivity index (χ2n) is 30.9. The van der Waals surface area contributed by atoms with Gasteiger partial charge in [0, 0.05) is 61.6 Å². The van der Waals surface area contributed by atoms with E-state index in [-0.39, 0.29) is 39.3 Å². The van der Waals surface area contributed by atoms with Crippen LogP contribution in [0.3, 0.4) is 0 Å². The summed E-state index contributed by atoms with van der Waals surface area (Å²) in [4.78, 5) is 8.24. The highest BCUT2D eigenvalue weighted by Crippen LogP contribution is 2.63. The molecule has 4 heteroatoms. The largest absolute Gasteiger partial charge is 0.334 e. The van der Waals surface area contributed by atoms with Gasteiger partial charge in [0.1, 0.15) is 0 Å². The molecule has 16 rings (SSSR count). The fourth-order valence-electron chi connectivity index (χ4n) is 17.4. The Morgan fingerprint density at radius 3 is 1.41 bits per heavy atom. The molecule has 5 aliphatic rings. The van der Waals surface area contributed by atoms with Crippen LogP contribution in [-0.4, -0.2) is 12.3 Å². The quantitative estimate of drug-likeness (QED) is 0.147. The van der Waals surface area contributed by atoms with E-state index in [1.165, 1.54) is 152 Å². The van der Waals surface area contributed by atoms with Gasteiger partial charge < -0.3 is 14.7 Å². The Kier molecular flexibility index (Phi) is 13.0. The van der Waals surface area contributed by atoms with Crippen molar-refractivity contribution in [2.75, 3.05) is 14.7 Å². The molecular weight excluding hydrogens is 1110 g/mol. The molecule has 1 fully saturated rings. The van der Waals surface area contributed by atoms with Crippen LogP contribution in [0.4, 0.5) is 45.5 Å². The van der Waals surface area contributed by atoms with Crippen molar-refractivity contribution in [3.8, 4) is 44.5 Å². The highest BCUT2D eigenvalue weighted by atomic mass is 15.3. The second-order valence-corrected chi connectivity index (χ2v) is 30.9. The first-order chi connectivity index (χ1) is 44.1. The topological polar surface area (TPSA) is 9.72 Å². The molecule has 0 saturated heterocycles. The van der Waals surface area contributed by atoms with Gasteiger partial charge in [-0.1, -0.05) is 271 Å². The fourth-order valence-corrected chi connectivity index (χ4v) is 17.4. The maximum absolute atomic E-state index is 2.84. The lowest BCUT2D eigenvalue weighted by atomic mass is 9.33. The van der Waals surface area contributed by atoms with Gasteiger partial charge in [-0.3, -0.25) is 0 Å². The van der Waals surface area contributed by atoms with E-state index in [9.17, 15) is 0 Å². The Bertz CT molecular complexity index is 4740. The zero-order valence-corrected chi connectivity index (χ0v) is 55.8. The summed E-state index contributed by atoms with van der Waals surface area (Å²) in [6.45, 7) is 29.0. The van der Waals surface area contributed by atoms with E-state index >= 15 is 0 Å². The Morgan fingerprint density at radius 1 is 0.326 bits per heavy atom. The van der Waals surface area contributed by atoms with Gasteiger partial charge in [-0.2, -0.15) is 0 Å². The van der Waals surface area contributed by atoms with Gasteiger partial charge in [0.15, 0.2) is 0 Å². The number of benzene rings is 11. The number of nitrogens with zero attached hydrogens (tertiary/aromatic N) is 3. The Balaban J connectivity index is 1.03. The molecule has 3 aliphatic heterocycles. The van der Waals surface area contributed by atoms with E-state index in [1.54, 1.807) is 0 Å². The second kappa shape index (κ2) is 20.7. The Hall–Kier alpha value is -9.12. The first kappa shape index (κ1) is 58.0. The molecule has 2 atom stereocenters.